The number of rotatable bonds is 11. The lowest BCUT2D eigenvalue weighted by Gasteiger charge is -2.11. The molecule has 0 fully saturated rings. The molecule has 0 saturated carbocycles. The maximum absolute atomic E-state index is 12.6. The van der Waals surface area contributed by atoms with Gasteiger partial charge in [0.2, 0.25) is 0 Å². The van der Waals surface area contributed by atoms with Crippen LogP contribution in [-0.2, 0) is 19.4 Å². The van der Waals surface area contributed by atoms with Gasteiger partial charge in [-0.25, -0.2) is 0 Å². The van der Waals surface area contributed by atoms with Crippen molar-refractivity contribution >= 4 is 5.91 Å². The molecular weight excluding hydrogens is 372 g/mol. The summed E-state index contributed by atoms with van der Waals surface area (Å²) in [4.78, 5) is 12.6. The number of unbranched alkanes of at least 4 members (excludes halogenated alkanes) is 1. The Morgan fingerprint density at radius 1 is 0.733 bits per heavy atom. The Hall–Kier alpha value is -3.11. The van der Waals surface area contributed by atoms with E-state index in [1.165, 1.54) is 11.1 Å². The fourth-order valence-corrected chi connectivity index (χ4v) is 3.41. The van der Waals surface area contributed by atoms with E-state index in [4.69, 9.17) is 0 Å². The number of carbonyl (C=O) groups is 1. The van der Waals surface area contributed by atoms with Gasteiger partial charge in [-0.15, -0.1) is 0 Å². The second-order valence-electron chi connectivity index (χ2n) is 7.45. The van der Waals surface area contributed by atoms with Crippen LogP contribution in [0.3, 0.4) is 0 Å². The highest BCUT2D eigenvalue weighted by atomic mass is 16.3. The zero-order chi connectivity index (χ0) is 21.0. The number of aryl methyl sites for hydroxylation is 1. The minimum absolute atomic E-state index is 0.00866. The Bertz CT molecular complexity index is 908. The summed E-state index contributed by atoms with van der Waals surface area (Å²) < 4.78 is 0. The zero-order valence-electron chi connectivity index (χ0n) is 17.3. The van der Waals surface area contributed by atoms with Gasteiger partial charge in [-0.3, -0.25) is 4.79 Å². The Labute approximate surface area is 179 Å². The van der Waals surface area contributed by atoms with Crippen molar-refractivity contribution in [3.8, 4) is 5.75 Å². The average Bonchev–Trinajstić information content (AvgIpc) is 2.78. The Kier molecular flexibility index (Phi) is 8.48. The van der Waals surface area contributed by atoms with Gasteiger partial charge >= 0.3 is 0 Å². The first kappa shape index (κ1) is 21.6. The Morgan fingerprint density at radius 2 is 1.43 bits per heavy atom. The third-order valence-corrected chi connectivity index (χ3v) is 5.12. The van der Waals surface area contributed by atoms with E-state index >= 15 is 0 Å². The molecule has 0 atom stereocenters. The van der Waals surface area contributed by atoms with E-state index in [-0.39, 0.29) is 11.7 Å². The van der Waals surface area contributed by atoms with Gasteiger partial charge in [-0.2, -0.15) is 0 Å². The number of benzene rings is 3. The molecule has 3 aromatic rings. The Balaban J connectivity index is 1.39. The quantitative estimate of drug-likeness (QED) is 0.415. The molecule has 3 aromatic carbocycles. The molecule has 156 valence electrons. The normalized spacial score (nSPS) is 10.7. The van der Waals surface area contributed by atoms with Gasteiger partial charge in [0.05, 0.1) is 0 Å². The smallest absolute Gasteiger partial charge is 0.251 e. The van der Waals surface area contributed by atoms with Gasteiger partial charge in [0, 0.05) is 18.7 Å². The topological polar surface area (TPSA) is 61.4 Å². The van der Waals surface area contributed by atoms with Crippen LogP contribution >= 0.6 is 0 Å². The minimum atomic E-state index is -0.00866. The summed E-state index contributed by atoms with van der Waals surface area (Å²) in [6.45, 7) is 2.14. The van der Waals surface area contributed by atoms with E-state index in [9.17, 15) is 9.90 Å². The van der Waals surface area contributed by atoms with Crippen molar-refractivity contribution in [2.75, 3.05) is 13.1 Å². The highest BCUT2D eigenvalue weighted by Gasteiger charge is 2.10. The number of phenols is 1. The first-order chi connectivity index (χ1) is 14.7. The van der Waals surface area contributed by atoms with E-state index in [2.05, 4.69) is 34.9 Å². The van der Waals surface area contributed by atoms with Crippen molar-refractivity contribution in [1.82, 2.24) is 10.6 Å². The second-order valence-corrected chi connectivity index (χ2v) is 7.45. The van der Waals surface area contributed by atoms with Gasteiger partial charge in [-0.05, 0) is 67.1 Å². The number of aromatic hydroxyl groups is 1. The van der Waals surface area contributed by atoms with E-state index in [0.717, 1.165) is 43.4 Å². The van der Waals surface area contributed by atoms with Gasteiger partial charge < -0.3 is 15.7 Å². The number of amides is 1. The van der Waals surface area contributed by atoms with Crippen LogP contribution in [0.2, 0.25) is 0 Å². The number of hydrogen-bond acceptors (Lipinski definition) is 3. The maximum Gasteiger partial charge on any atom is 0.251 e. The van der Waals surface area contributed by atoms with Crippen molar-refractivity contribution in [2.45, 2.75) is 32.2 Å². The van der Waals surface area contributed by atoms with Crippen molar-refractivity contribution in [3.05, 3.63) is 101 Å². The van der Waals surface area contributed by atoms with Gasteiger partial charge in [0.1, 0.15) is 5.75 Å². The molecule has 30 heavy (non-hydrogen) atoms. The van der Waals surface area contributed by atoms with Crippen LogP contribution in [0.25, 0.3) is 0 Å². The third-order valence-electron chi connectivity index (χ3n) is 5.12. The SMILES string of the molecule is O=C(NCCCCc1ccccc1)c1ccccc1CNCCc1ccc(O)cc1. The van der Waals surface area contributed by atoms with Crippen LogP contribution in [0.5, 0.6) is 5.75 Å². The van der Waals surface area contributed by atoms with Crippen LogP contribution in [0.15, 0.2) is 78.9 Å². The van der Waals surface area contributed by atoms with Crippen LogP contribution in [0.4, 0.5) is 0 Å². The summed E-state index contributed by atoms with van der Waals surface area (Å²) in [6, 6.07) is 25.5. The maximum atomic E-state index is 12.6. The molecule has 0 heterocycles. The molecule has 4 nitrogen and oxygen atoms in total. The molecule has 3 rings (SSSR count). The number of hydrogen-bond donors (Lipinski definition) is 3. The summed E-state index contributed by atoms with van der Waals surface area (Å²) in [5.74, 6) is 0.275. The first-order valence-corrected chi connectivity index (χ1v) is 10.6. The fraction of sp³-hybridized carbons (Fsp3) is 0.269. The molecule has 0 bridgehead atoms. The van der Waals surface area contributed by atoms with Gasteiger partial charge in [-0.1, -0.05) is 60.7 Å². The van der Waals surface area contributed by atoms with Crippen molar-refractivity contribution < 1.29 is 9.90 Å². The lowest BCUT2D eigenvalue weighted by atomic mass is 10.1. The monoisotopic (exact) mass is 402 g/mol. The fourth-order valence-electron chi connectivity index (χ4n) is 3.41. The van der Waals surface area contributed by atoms with Crippen molar-refractivity contribution in [2.24, 2.45) is 0 Å². The van der Waals surface area contributed by atoms with Crippen LogP contribution in [0.1, 0.15) is 39.9 Å². The summed E-state index contributed by atoms with van der Waals surface area (Å²) in [5, 5.41) is 15.8. The molecule has 0 aliphatic rings. The molecule has 0 aliphatic heterocycles. The standard InChI is InChI=1S/C26H30N2O2/c29-24-15-13-22(14-16-24)17-19-27-20-23-11-4-5-12-25(23)26(30)28-18-7-6-10-21-8-2-1-3-9-21/h1-5,8-9,11-16,27,29H,6-7,10,17-20H2,(H,28,30). The van der Waals surface area contributed by atoms with Crippen molar-refractivity contribution in [3.63, 3.8) is 0 Å². The van der Waals surface area contributed by atoms with Gasteiger partial charge in [0.25, 0.3) is 5.91 Å². The average molecular weight is 403 g/mol. The number of phenolic OH excluding ortho intramolecular Hbond substituents is 1. The molecule has 4 heteroatoms. The lowest BCUT2D eigenvalue weighted by Crippen LogP contribution is -2.27. The number of carbonyl (C=O) groups excluding carboxylic acids is 1. The van der Waals surface area contributed by atoms with Crippen molar-refractivity contribution in [1.29, 1.82) is 0 Å². The number of nitrogens with one attached hydrogen (secondary N) is 2. The van der Waals surface area contributed by atoms with E-state index in [1.54, 1.807) is 12.1 Å². The van der Waals surface area contributed by atoms with E-state index in [0.29, 0.717) is 13.1 Å². The first-order valence-electron chi connectivity index (χ1n) is 10.6. The molecule has 0 saturated heterocycles. The summed E-state index contributed by atoms with van der Waals surface area (Å²) in [7, 11) is 0. The van der Waals surface area contributed by atoms with Crippen LogP contribution < -0.4 is 10.6 Å². The molecular formula is C26H30N2O2. The highest BCUT2D eigenvalue weighted by Crippen LogP contribution is 2.11. The predicted octanol–water partition coefficient (Wildman–Crippen LogP) is 4.48. The summed E-state index contributed by atoms with van der Waals surface area (Å²) in [6.07, 6.45) is 3.94. The summed E-state index contributed by atoms with van der Waals surface area (Å²) in [5.41, 5.74) is 4.25. The van der Waals surface area contributed by atoms with E-state index in [1.807, 2.05) is 42.5 Å². The molecule has 0 aromatic heterocycles. The minimum Gasteiger partial charge on any atom is -0.508 e. The largest absolute Gasteiger partial charge is 0.508 e. The molecule has 0 unspecified atom stereocenters. The lowest BCUT2D eigenvalue weighted by molar-refractivity contribution is 0.0952. The Morgan fingerprint density at radius 3 is 2.23 bits per heavy atom. The zero-order valence-corrected chi connectivity index (χ0v) is 17.3. The highest BCUT2D eigenvalue weighted by molar-refractivity contribution is 5.95. The van der Waals surface area contributed by atoms with Crippen LogP contribution in [-0.4, -0.2) is 24.1 Å². The molecule has 0 aliphatic carbocycles. The molecule has 0 spiro atoms. The summed E-state index contributed by atoms with van der Waals surface area (Å²) >= 11 is 0. The second kappa shape index (κ2) is 11.8. The third kappa shape index (κ3) is 7.05. The van der Waals surface area contributed by atoms with E-state index < -0.39 is 0 Å². The molecule has 3 N–H and O–H groups in total. The predicted molar refractivity (Wildman–Crippen MR) is 122 cm³/mol. The van der Waals surface area contributed by atoms with Crippen LogP contribution in [0, 0.1) is 0 Å². The van der Waals surface area contributed by atoms with Gasteiger partial charge in [0.15, 0.2) is 0 Å². The molecule has 0 radical (unpaired) electrons. The molecule has 1 amide bonds.